The van der Waals surface area contributed by atoms with E-state index in [0.29, 0.717) is 23.7 Å². The van der Waals surface area contributed by atoms with Crippen LogP contribution in [0.3, 0.4) is 0 Å². The summed E-state index contributed by atoms with van der Waals surface area (Å²) < 4.78 is 21.4. The number of aryl methyl sites for hydroxylation is 1. The topological polar surface area (TPSA) is 74.3 Å². The number of benzene rings is 1. The smallest absolute Gasteiger partial charge is 0.306 e. The fourth-order valence-electron chi connectivity index (χ4n) is 3.90. The molecule has 0 saturated carbocycles. The second kappa shape index (κ2) is 10.4. The van der Waals surface area contributed by atoms with Crippen molar-refractivity contribution < 1.29 is 28.5 Å². The molecular weight excluding hydrogens is 374 g/mol. The highest BCUT2D eigenvalue weighted by molar-refractivity contribution is 5.84. The van der Waals surface area contributed by atoms with Gasteiger partial charge in [-0.1, -0.05) is 0 Å². The van der Waals surface area contributed by atoms with E-state index in [4.69, 9.17) is 18.9 Å². The van der Waals surface area contributed by atoms with Gasteiger partial charge < -0.3 is 23.8 Å². The third-order valence-electron chi connectivity index (χ3n) is 5.45. The zero-order valence-corrected chi connectivity index (χ0v) is 18.3. The first-order valence-electron chi connectivity index (χ1n) is 10.1. The molecule has 1 saturated heterocycles. The Balaban J connectivity index is 1.96. The summed E-state index contributed by atoms with van der Waals surface area (Å²) in [6.45, 7) is 5.74. The van der Waals surface area contributed by atoms with Crippen molar-refractivity contribution in [1.29, 1.82) is 0 Å². The summed E-state index contributed by atoms with van der Waals surface area (Å²) >= 11 is 0. The van der Waals surface area contributed by atoms with Crippen molar-refractivity contribution in [1.82, 2.24) is 4.90 Å². The van der Waals surface area contributed by atoms with Gasteiger partial charge in [0.1, 0.15) is 0 Å². The van der Waals surface area contributed by atoms with Crippen LogP contribution in [0.15, 0.2) is 12.1 Å². The van der Waals surface area contributed by atoms with Gasteiger partial charge in [0.15, 0.2) is 17.6 Å². The zero-order valence-electron chi connectivity index (χ0n) is 18.3. The molecule has 1 fully saturated rings. The maximum atomic E-state index is 12.8. The summed E-state index contributed by atoms with van der Waals surface area (Å²) in [4.78, 5) is 27.0. The summed E-state index contributed by atoms with van der Waals surface area (Å²) in [6, 6.07) is 3.96. The quantitative estimate of drug-likeness (QED) is 0.615. The Hall–Kier alpha value is -2.44. The number of esters is 1. The minimum atomic E-state index is -0.787. The number of hydrogen-bond acceptors (Lipinski definition) is 6. The number of hydrogen-bond donors (Lipinski definition) is 0. The number of ether oxygens (including phenoxy) is 4. The Morgan fingerprint density at radius 2 is 1.59 bits per heavy atom. The summed E-state index contributed by atoms with van der Waals surface area (Å²) in [5.74, 6) is 1.05. The first-order chi connectivity index (χ1) is 13.8. The van der Waals surface area contributed by atoms with E-state index in [2.05, 4.69) is 0 Å². The average Bonchev–Trinajstić information content (AvgIpc) is 2.70. The lowest BCUT2D eigenvalue weighted by Gasteiger charge is -2.40. The van der Waals surface area contributed by atoms with E-state index < -0.39 is 12.1 Å². The van der Waals surface area contributed by atoms with Crippen LogP contribution in [-0.4, -0.2) is 56.3 Å². The van der Waals surface area contributed by atoms with Gasteiger partial charge in [-0.3, -0.25) is 9.59 Å². The highest BCUT2D eigenvalue weighted by Gasteiger charge is 2.33. The summed E-state index contributed by atoms with van der Waals surface area (Å²) in [5.41, 5.74) is 0.855. The predicted molar refractivity (Wildman–Crippen MR) is 110 cm³/mol. The maximum Gasteiger partial charge on any atom is 0.306 e. The van der Waals surface area contributed by atoms with Crippen molar-refractivity contribution >= 4 is 11.9 Å². The number of carbonyl (C=O) groups excluding carboxylic acids is 2. The highest BCUT2D eigenvalue weighted by atomic mass is 16.5. The van der Waals surface area contributed by atoms with E-state index in [-0.39, 0.29) is 24.4 Å². The van der Waals surface area contributed by atoms with Crippen LogP contribution >= 0.6 is 0 Å². The molecule has 0 aromatic heterocycles. The van der Waals surface area contributed by atoms with Gasteiger partial charge in [0, 0.05) is 18.5 Å². The molecule has 0 unspecified atom stereocenters. The van der Waals surface area contributed by atoms with Crippen LogP contribution in [0.5, 0.6) is 17.2 Å². The molecule has 7 nitrogen and oxygen atoms in total. The molecule has 1 aromatic rings. The molecule has 1 heterocycles. The van der Waals surface area contributed by atoms with Crippen LogP contribution < -0.4 is 14.2 Å². The summed E-state index contributed by atoms with van der Waals surface area (Å²) in [5, 5.41) is 0. The molecule has 162 valence electrons. The minimum Gasteiger partial charge on any atom is -0.493 e. The van der Waals surface area contributed by atoms with Crippen LogP contribution in [0.1, 0.15) is 52.0 Å². The second-order valence-corrected chi connectivity index (χ2v) is 7.54. The van der Waals surface area contributed by atoms with Gasteiger partial charge in [-0.05, 0) is 64.2 Å². The third kappa shape index (κ3) is 5.55. The van der Waals surface area contributed by atoms with Crippen LogP contribution in [0.25, 0.3) is 0 Å². The third-order valence-corrected chi connectivity index (χ3v) is 5.45. The maximum absolute atomic E-state index is 12.8. The lowest BCUT2D eigenvalue weighted by atomic mass is 9.97. The van der Waals surface area contributed by atoms with E-state index in [0.717, 1.165) is 24.8 Å². The van der Waals surface area contributed by atoms with Crippen molar-refractivity contribution in [3.8, 4) is 17.2 Å². The van der Waals surface area contributed by atoms with Gasteiger partial charge in [-0.15, -0.1) is 0 Å². The molecule has 2 rings (SSSR count). The Morgan fingerprint density at radius 3 is 2.07 bits per heavy atom. The number of likely N-dealkylation sites (tertiary alicyclic amines) is 1. The zero-order chi connectivity index (χ0) is 21.6. The summed E-state index contributed by atoms with van der Waals surface area (Å²) in [7, 11) is 4.64. The molecule has 0 N–H and O–H groups in total. The molecule has 0 bridgehead atoms. The van der Waals surface area contributed by atoms with Crippen molar-refractivity contribution in [2.24, 2.45) is 0 Å². The van der Waals surface area contributed by atoms with E-state index in [1.165, 1.54) is 0 Å². The highest BCUT2D eigenvalue weighted by Crippen LogP contribution is 2.38. The SMILES string of the molecule is COc1cc(CCC(=O)O[C@H](C)C(=O)N2[C@H](C)CCC[C@H]2C)cc(OC)c1OC. The van der Waals surface area contributed by atoms with Gasteiger partial charge in [-0.2, -0.15) is 0 Å². The molecule has 0 aliphatic carbocycles. The fraction of sp³-hybridized carbons (Fsp3) is 0.636. The van der Waals surface area contributed by atoms with Gasteiger partial charge >= 0.3 is 5.97 Å². The first-order valence-corrected chi connectivity index (χ1v) is 10.1. The minimum absolute atomic E-state index is 0.120. The number of rotatable bonds is 8. The molecule has 1 aromatic carbocycles. The molecule has 1 aliphatic heterocycles. The molecule has 3 atom stereocenters. The van der Waals surface area contributed by atoms with E-state index >= 15 is 0 Å². The molecule has 1 aliphatic rings. The lowest BCUT2D eigenvalue weighted by molar-refractivity contribution is -0.162. The lowest BCUT2D eigenvalue weighted by Crippen LogP contribution is -2.51. The normalized spacial score (nSPS) is 20.0. The number of carbonyl (C=O) groups is 2. The molecular formula is C22H33NO6. The Labute approximate surface area is 173 Å². The first kappa shape index (κ1) is 22.8. The largest absolute Gasteiger partial charge is 0.493 e. The molecule has 0 spiro atoms. The van der Waals surface area contributed by atoms with Crippen molar-refractivity contribution in [2.75, 3.05) is 21.3 Å². The van der Waals surface area contributed by atoms with Crippen molar-refractivity contribution in [2.45, 2.75) is 71.1 Å². The van der Waals surface area contributed by atoms with Crippen molar-refractivity contribution in [3.05, 3.63) is 17.7 Å². The van der Waals surface area contributed by atoms with Gasteiger partial charge in [0.2, 0.25) is 5.75 Å². The van der Waals surface area contributed by atoms with Crippen LogP contribution in [0.4, 0.5) is 0 Å². The number of piperidine rings is 1. The molecule has 7 heteroatoms. The molecule has 1 amide bonds. The molecule has 0 radical (unpaired) electrons. The average molecular weight is 408 g/mol. The van der Waals surface area contributed by atoms with Gasteiger partial charge in [-0.25, -0.2) is 0 Å². The second-order valence-electron chi connectivity index (χ2n) is 7.54. The van der Waals surface area contributed by atoms with Crippen molar-refractivity contribution in [3.63, 3.8) is 0 Å². The Kier molecular flexibility index (Phi) is 8.17. The van der Waals surface area contributed by atoms with E-state index in [9.17, 15) is 9.59 Å². The monoisotopic (exact) mass is 407 g/mol. The van der Waals surface area contributed by atoms with Crippen LogP contribution in [-0.2, 0) is 20.7 Å². The van der Waals surface area contributed by atoms with Crippen LogP contribution in [0, 0.1) is 0 Å². The standard InChI is InChI=1S/C22H33NO6/c1-14-8-7-9-15(2)23(14)22(25)16(3)29-20(24)11-10-17-12-18(26-4)21(28-6)19(13-17)27-5/h12-16H,7-11H2,1-6H3/t14-,15-,16-/m1/s1. The predicted octanol–water partition coefficient (Wildman–Crippen LogP) is 3.37. The van der Waals surface area contributed by atoms with Gasteiger partial charge in [0.05, 0.1) is 21.3 Å². The Bertz CT molecular complexity index is 684. The Morgan fingerprint density at radius 1 is 1.03 bits per heavy atom. The van der Waals surface area contributed by atoms with Gasteiger partial charge in [0.25, 0.3) is 5.91 Å². The molecule has 29 heavy (non-hydrogen) atoms. The van der Waals surface area contributed by atoms with E-state index in [1.807, 2.05) is 18.7 Å². The number of nitrogens with zero attached hydrogens (tertiary/aromatic N) is 1. The summed E-state index contributed by atoms with van der Waals surface area (Å²) in [6.07, 6.45) is 2.89. The van der Waals surface area contributed by atoms with E-state index in [1.54, 1.807) is 40.4 Å². The number of amides is 1. The van der Waals surface area contributed by atoms with Crippen LogP contribution in [0.2, 0.25) is 0 Å². The fourth-order valence-corrected chi connectivity index (χ4v) is 3.90. The number of methoxy groups -OCH3 is 3.